The molecule has 3 amide bonds. The average molecular weight is 330 g/mol. The summed E-state index contributed by atoms with van der Waals surface area (Å²) in [5.74, 6) is 0.285. The monoisotopic (exact) mass is 330 g/mol. The number of hydrogen-bond donors (Lipinski definition) is 2. The fourth-order valence-electron chi connectivity index (χ4n) is 2.92. The third kappa shape index (κ3) is 4.47. The van der Waals surface area contributed by atoms with Gasteiger partial charge in [-0.15, -0.1) is 0 Å². The minimum Gasteiger partial charge on any atom is -0.326 e. The Kier molecular flexibility index (Phi) is 5.35. The molecule has 1 heterocycles. The molecule has 1 aliphatic heterocycles. The molecule has 6 heteroatoms. The third-order valence-electron chi connectivity index (χ3n) is 4.55. The van der Waals surface area contributed by atoms with E-state index in [9.17, 15) is 9.59 Å². The smallest absolute Gasteiger partial charge is 0.321 e. The summed E-state index contributed by atoms with van der Waals surface area (Å²) in [4.78, 5) is 28.3. The molecular formula is C18H26N4O2. The molecule has 24 heavy (non-hydrogen) atoms. The van der Waals surface area contributed by atoms with Gasteiger partial charge < -0.3 is 15.5 Å². The lowest BCUT2D eigenvalue weighted by Crippen LogP contribution is -2.50. The first-order chi connectivity index (χ1) is 11.7. The van der Waals surface area contributed by atoms with Gasteiger partial charge in [-0.05, 0) is 50.1 Å². The maximum absolute atomic E-state index is 12.3. The van der Waals surface area contributed by atoms with E-state index in [2.05, 4.69) is 22.5 Å². The normalized spacial score (nSPS) is 18.3. The lowest BCUT2D eigenvalue weighted by atomic mass is 10.2. The first kappa shape index (κ1) is 16.8. The zero-order valence-corrected chi connectivity index (χ0v) is 14.3. The van der Waals surface area contributed by atoms with Gasteiger partial charge in [0, 0.05) is 43.5 Å². The van der Waals surface area contributed by atoms with Crippen LogP contribution in [0.2, 0.25) is 0 Å². The predicted molar refractivity (Wildman–Crippen MR) is 95.1 cm³/mol. The maximum Gasteiger partial charge on any atom is 0.321 e. The van der Waals surface area contributed by atoms with Crippen LogP contribution in [0.25, 0.3) is 0 Å². The molecule has 1 saturated carbocycles. The van der Waals surface area contributed by atoms with Crippen molar-refractivity contribution in [1.29, 1.82) is 0 Å². The quantitative estimate of drug-likeness (QED) is 0.872. The van der Waals surface area contributed by atoms with E-state index in [1.54, 1.807) is 0 Å². The Morgan fingerprint density at radius 2 is 1.58 bits per heavy atom. The molecule has 0 atom stereocenters. The predicted octanol–water partition coefficient (Wildman–Crippen LogP) is 2.59. The van der Waals surface area contributed by atoms with Gasteiger partial charge in [-0.2, -0.15) is 0 Å². The Morgan fingerprint density at radius 3 is 2.12 bits per heavy atom. The fourth-order valence-corrected chi connectivity index (χ4v) is 2.92. The lowest BCUT2D eigenvalue weighted by molar-refractivity contribution is -0.117. The highest BCUT2D eigenvalue weighted by Crippen LogP contribution is 2.30. The van der Waals surface area contributed by atoms with E-state index in [0.29, 0.717) is 0 Å². The van der Waals surface area contributed by atoms with Crippen LogP contribution < -0.4 is 10.6 Å². The first-order valence-electron chi connectivity index (χ1n) is 8.85. The van der Waals surface area contributed by atoms with Crippen LogP contribution >= 0.6 is 0 Å². The number of hydrogen-bond acceptors (Lipinski definition) is 3. The van der Waals surface area contributed by atoms with Gasteiger partial charge >= 0.3 is 6.03 Å². The van der Waals surface area contributed by atoms with E-state index in [1.807, 2.05) is 29.2 Å². The number of rotatable bonds is 5. The van der Waals surface area contributed by atoms with E-state index in [-0.39, 0.29) is 17.9 Å². The summed E-state index contributed by atoms with van der Waals surface area (Å²) in [5.41, 5.74) is 1.53. The maximum atomic E-state index is 12.3. The van der Waals surface area contributed by atoms with Crippen molar-refractivity contribution >= 4 is 23.3 Å². The highest BCUT2D eigenvalue weighted by atomic mass is 16.2. The number of piperazine rings is 1. The number of urea groups is 1. The van der Waals surface area contributed by atoms with Crippen LogP contribution in [0.5, 0.6) is 0 Å². The second kappa shape index (κ2) is 7.66. The van der Waals surface area contributed by atoms with Crippen molar-refractivity contribution in [2.75, 3.05) is 43.4 Å². The molecule has 1 saturated heterocycles. The van der Waals surface area contributed by atoms with Crippen molar-refractivity contribution in [3.05, 3.63) is 24.3 Å². The molecule has 1 aliphatic carbocycles. The molecule has 2 fully saturated rings. The lowest BCUT2D eigenvalue weighted by Gasteiger charge is -2.34. The van der Waals surface area contributed by atoms with Crippen molar-refractivity contribution in [3.8, 4) is 0 Å². The van der Waals surface area contributed by atoms with Crippen LogP contribution in [0.1, 0.15) is 26.2 Å². The van der Waals surface area contributed by atoms with Crippen LogP contribution in [0.3, 0.4) is 0 Å². The van der Waals surface area contributed by atoms with Crippen LogP contribution in [-0.4, -0.2) is 54.5 Å². The summed E-state index contributed by atoms with van der Waals surface area (Å²) in [6, 6.07) is 7.26. The van der Waals surface area contributed by atoms with Crippen molar-refractivity contribution < 1.29 is 9.59 Å². The van der Waals surface area contributed by atoms with Crippen molar-refractivity contribution in [3.63, 3.8) is 0 Å². The highest BCUT2D eigenvalue weighted by molar-refractivity contribution is 5.94. The standard InChI is InChI=1S/C18H26N4O2/c1-2-9-21-10-12-22(13-11-21)18(24)20-16-7-5-15(6-8-16)19-17(23)14-3-4-14/h5-8,14H,2-4,9-13H2,1H3,(H,19,23)(H,20,24). The summed E-state index contributed by atoms with van der Waals surface area (Å²) in [6.45, 7) is 6.68. The molecule has 130 valence electrons. The van der Waals surface area contributed by atoms with Crippen LogP contribution in [0, 0.1) is 5.92 Å². The molecule has 0 radical (unpaired) electrons. The molecule has 6 nitrogen and oxygen atoms in total. The number of benzene rings is 1. The number of carbonyl (C=O) groups excluding carboxylic acids is 2. The number of nitrogens with one attached hydrogen (secondary N) is 2. The van der Waals surface area contributed by atoms with E-state index in [0.717, 1.165) is 63.4 Å². The van der Waals surface area contributed by atoms with Gasteiger partial charge in [-0.1, -0.05) is 6.92 Å². The highest BCUT2D eigenvalue weighted by Gasteiger charge is 2.29. The molecule has 0 bridgehead atoms. The topological polar surface area (TPSA) is 64.7 Å². The summed E-state index contributed by atoms with van der Waals surface area (Å²) < 4.78 is 0. The van der Waals surface area contributed by atoms with Crippen molar-refractivity contribution in [1.82, 2.24) is 9.80 Å². The second-order valence-corrected chi connectivity index (χ2v) is 6.60. The number of amides is 3. The van der Waals surface area contributed by atoms with Gasteiger partial charge in [0.25, 0.3) is 0 Å². The molecule has 1 aromatic rings. The van der Waals surface area contributed by atoms with Crippen LogP contribution in [0.4, 0.5) is 16.2 Å². The minimum absolute atomic E-state index is 0.0547. The molecule has 2 N–H and O–H groups in total. The summed E-state index contributed by atoms with van der Waals surface area (Å²) >= 11 is 0. The third-order valence-corrected chi connectivity index (χ3v) is 4.55. The van der Waals surface area contributed by atoms with Gasteiger partial charge in [0.2, 0.25) is 5.91 Å². The SMILES string of the molecule is CCCN1CCN(C(=O)Nc2ccc(NC(=O)C3CC3)cc2)CC1. The zero-order chi connectivity index (χ0) is 16.9. The van der Waals surface area contributed by atoms with Gasteiger partial charge in [0.05, 0.1) is 0 Å². The number of nitrogens with zero attached hydrogens (tertiary/aromatic N) is 2. The molecule has 2 aliphatic rings. The van der Waals surface area contributed by atoms with E-state index in [4.69, 9.17) is 0 Å². The Balaban J connectivity index is 1.47. The van der Waals surface area contributed by atoms with Gasteiger partial charge in [0.15, 0.2) is 0 Å². The zero-order valence-electron chi connectivity index (χ0n) is 14.3. The summed E-state index contributed by atoms with van der Waals surface area (Å²) in [5, 5.41) is 5.83. The van der Waals surface area contributed by atoms with Gasteiger partial charge in [0.1, 0.15) is 0 Å². The Labute approximate surface area is 143 Å². The molecule has 3 rings (SSSR count). The van der Waals surface area contributed by atoms with Crippen molar-refractivity contribution in [2.24, 2.45) is 5.92 Å². The molecule has 0 aromatic heterocycles. The summed E-state index contributed by atoms with van der Waals surface area (Å²) in [7, 11) is 0. The number of carbonyl (C=O) groups is 2. The molecule has 0 unspecified atom stereocenters. The summed E-state index contributed by atoms with van der Waals surface area (Å²) in [6.07, 6.45) is 3.13. The van der Waals surface area contributed by atoms with Crippen LogP contribution in [0.15, 0.2) is 24.3 Å². The molecule has 1 aromatic carbocycles. The molecule has 0 spiro atoms. The van der Waals surface area contributed by atoms with Crippen LogP contribution in [-0.2, 0) is 4.79 Å². The van der Waals surface area contributed by atoms with E-state index in [1.165, 1.54) is 0 Å². The first-order valence-corrected chi connectivity index (χ1v) is 8.85. The largest absolute Gasteiger partial charge is 0.326 e. The average Bonchev–Trinajstić information content (AvgIpc) is 3.42. The van der Waals surface area contributed by atoms with Crippen molar-refractivity contribution in [2.45, 2.75) is 26.2 Å². The minimum atomic E-state index is -0.0547. The Morgan fingerprint density at radius 1 is 1.00 bits per heavy atom. The second-order valence-electron chi connectivity index (χ2n) is 6.60. The van der Waals surface area contributed by atoms with E-state index >= 15 is 0 Å². The molecular weight excluding hydrogens is 304 g/mol. The fraction of sp³-hybridized carbons (Fsp3) is 0.556. The van der Waals surface area contributed by atoms with Gasteiger partial charge in [-0.25, -0.2) is 4.79 Å². The Bertz CT molecular complexity index is 575. The van der Waals surface area contributed by atoms with E-state index < -0.39 is 0 Å². The Hall–Kier alpha value is -2.08. The van der Waals surface area contributed by atoms with Gasteiger partial charge in [-0.3, -0.25) is 9.69 Å². The number of anilines is 2.